The van der Waals surface area contributed by atoms with Crippen molar-refractivity contribution in [3.05, 3.63) is 0 Å². The number of alkyl halides is 1. The zero-order valence-electron chi connectivity index (χ0n) is 4.25. The number of halogens is 1. The molecule has 46 valence electrons. The topological polar surface area (TPSA) is 32.8 Å². The smallest absolute Gasteiger partial charge is 0.111 e. The molecule has 0 radical (unpaired) electrons. The van der Waals surface area contributed by atoms with Crippen LogP contribution in [0.2, 0.25) is 0 Å². The molecule has 2 rings (SSSR count). The molecule has 2 nitrogen and oxygen atoms in total. The lowest BCUT2D eigenvalue weighted by molar-refractivity contribution is 0.126. The van der Waals surface area contributed by atoms with Crippen LogP contribution in [0.25, 0.3) is 0 Å². The normalized spacial score (nSPS) is 60.8. The molecular weight excluding hydrogens is 172 g/mol. The maximum absolute atomic E-state index is 9.14. The summed E-state index contributed by atoms with van der Waals surface area (Å²) in [6, 6.07) is 0. The van der Waals surface area contributed by atoms with E-state index in [9.17, 15) is 0 Å². The molecule has 1 heterocycles. The molecule has 0 spiro atoms. The Kier molecular flexibility index (Phi) is 0.951. The van der Waals surface area contributed by atoms with Crippen molar-refractivity contribution in [2.45, 2.75) is 29.6 Å². The molecule has 3 heteroatoms. The van der Waals surface area contributed by atoms with E-state index in [2.05, 4.69) is 15.9 Å². The molecule has 2 fully saturated rings. The Hall–Kier alpha value is 0.400. The van der Waals surface area contributed by atoms with E-state index in [4.69, 9.17) is 9.84 Å². The van der Waals surface area contributed by atoms with Gasteiger partial charge in [0.2, 0.25) is 0 Å². The van der Waals surface area contributed by atoms with Crippen LogP contribution < -0.4 is 0 Å². The van der Waals surface area contributed by atoms with Gasteiger partial charge in [-0.3, -0.25) is 0 Å². The molecule has 0 aromatic carbocycles. The van der Waals surface area contributed by atoms with E-state index < -0.39 is 0 Å². The van der Waals surface area contributed by atoms with Crippen LogP contribution in [0.15, 0.2) is 0 Å². The molecule has 1 aliphatic carbocycles. The minimum absolute atomic E-state index is 0.166. The third-order valence-corrected chi connectivity index (χ3v) is 2.70. The van der Waals surface area contributed by atoms with Crippen LogP contribution in [0.3, 0.4) is 0 Å². The first-order valence-electron chi connectivity index (χ1n) is 2.76. The van der Waals surface area contributed by atoms with Crippen molar-refractivity contribution in [2.24, 2.45) is 0 Å². The van der Waals surface area contributed by atoms with Crippen LogP contribution in [0.1, 0.15) is 6.42 Å². The van der Waals surface area contributed by atoms with Crippen LogP contribution in [0.5, 0.6) is 0 Å². The Balaban J connectivity index is 2.08. The number of rotatable bonds is 0. The first-order chi connectivity index (χ1) is 3.79. The van der Waals surface area contributed by atoms with Gasteiger partial charge in [-0.25, -0.2) is 0 Å². The maximum atomic E-state index is 9.14. The first-order valence-corrected chi connectivity index (χ1v) is 3.68. The fourth-order valence-electron chi connectivity index (χ4n) is 1.21. The molecule has 1 N–H and O–H groups in total. The van der Waals surface area contributed by atoms with Gasteiger partial charge in [0, 0.05) is 4.83 Å². The monoisotopic (exact) mass is 178 g/mol. The second kappa shape index (κ2) is 1.46. The standard InChI is InChI=1S/C5H7BrO2/c6-2-1-3-5(8-3)4(2)7/h2-5,7H,1H2. The fourth-order valence-corrected chi connectivity index (χ4v) is 1.88. The van der Waals surface area contributed by atoms with Gasteiger partial charge in [-0.1, -0.05) is 15.9 Å². The Morgan fingerprint density at radius 1 is 1.62 bits per heavy atom. The molecule has 0 bridgehead atoms. The summed E-state index contributed by atoms with van der Waals surface area (Å²) in [6.45, 7) is 0. The van der Waals surface area contributed by atoms with Gasteiger partial charge in [-0.2, -0.15) is 0 Å². The number of hydrogen-bond donors (Lipinski definition) is 1. The van der Waals surface area contributed by atoms with Crippen LogP contribution in [0.4, 0.5) is 0 Å². The SMILES string of the molecule is OC1C(Br)CC2OC21. The van der Waals surface area contributed by atoms with Crippen LogP contribution in [0, 0.1) is 0 Å². The molecule has 1 saturated carbocycles. The van der Waals surface area contributed by atoms with E-state index in [0.29, 0.717) is 6.10 Å². The highest BCUT2D eigenvalue weighted by molar-refractivity contribution is 9.09. The second-order valence-electron chi connectivity index (χ2n) is 2.38. The van der Waals surface area contributed by atoms with E-state index >= 15 is 0 Å². The largest absolute Gasteiger partial charge is 0.389 e. The van der Waals surface area contributed by atoms with Gasteiger partial charge >= 0.3 is 0 Å². The minimum atomic E-state index is -0.250. The van der Waals surface area contributed by atoms with E-state index in [0.717, 1.165) is 6.42 Å². The van der Waals surface area contributed by atoms with Crippen molar-refractivity contribution < 1.29 is 9.84 Å². The molecule has 4 atom stereocenters. The average Bonchev–Trinajstić information content (AvgIpc) is 2.39. The number of aliphatic hydroxyl groups is 1. The molecule has 1 aliphatic heterocycles. The second-order valence-corrected chi connectivity index (χ2v) is 3.56. The highest BCUT2D eigenvalue weighted by atomic mass is 79.9. The van der Waals surface area contributed by atoms with Crippen LogP contribution in [-0.2, 0) is 4.74 Å². The molecule has 0 aromatic heterocycles. The summed E-state index contributed by atoms with van der Waals surface area (Å²) in [5.74, 6) is 0. The van der Waals surface area contributed by atoms with Gasteiger partial charge in [-0.05, 0) is 6.42 Å². The summed E-state index contributed by atoms with van der Waals surface area (Å²) in [6.07, 6.45) is 1.26. The van der Waals surface area contributed by atoms with E-state index in [1.54, 1.807) is 0 Å². The summed E-state index contributed by atoms with van der Waals surface area (Å²) >= 11 is 3.34. The van der Waals surface area contributed by atoms with E-state index in [1.165, 1.54) is 0 Å². The summed E-state index contributed by atoms with van der Waals surface area (Å²) in [5, 5.41) is 9.14. The minimum Gasteiger partial charge on any atom is -0.389 e. The third kappa shape index (κ3) is 0.551. The number of fused-ring (bicyclic) bond motifs is 1. The van der Waals surface area contributed by atoms with Crippen molar-refractivity contribution in [1.29, 1.82) is 0 Å². The molecule has 0 aromatic rings. The zero-order valence-corrected chi connectivity index (χ0v) is 5.84. The van der Waals surface area contributed by atoms with Crippen molar-refractivity contribution in [1.82, 2.24) is 0 Å². The summed E-state index contributed by atoms with van der Waals surface area (Å²) in [7, 11) is 0. The van der Waals surface area contributed by atoms with Crippen molar-refractivity contribution in [2.75, 3.05) is 0 Å². The predicted molar refractivity (Wildman–Crippen MR) is 32.0 cm³/mol. The predicted octanol–water partition coefficient (Wildman–Crippen LogP) is 0.282. The maximum Gasteiger partial charge on any atom is 0.111 e. The van der Waals surface area contributed by atoms with E-state index in [1.807, 2.05) is 0 Å². The Morgan fingerprint density at radius 2 is 2.38 bits per heavy atom. The van der Waals surface area contributed by atoms with Gasteiger partial charge in [0.25, 0.3) is 0 Å². The van der Waals surface area contributed by atoms with Crippen LogP contribution >= 0.6 is 15.9 Å². The lowest BCUT2D eigenvalue weighted by atomic mass is 10.3. The molecule has 1 saturated heterocycles. The quantitative estimate of drug-likeness (QED) is 0.428. The van der Waals surface area contributed by atoms with E-state index in [-0.39, 0.29) is 17.0 Å². The molecule has 4 unspecified atom stereocenters. The lowest BCUT2D eigenvalue weighted by Gasteiger charge is -2.06. The number of ether oxygens (including phenoxy) is 1. The summed E-state index contributed by atoms with van der Waals surface area (Å²) in [5.41, 5.74) is 0. The van der Waals surface area contributed by atoms with Gasteiger partial charge < -0.3 is 9.84 Å². The summed E-state index contributed by atoms with van der Waals surface area (Å²) < 4.78 is 5.06. The highest BCUT2D eigenvalue weighted by Gasteiger charge is 2.54. The molecule has 2 aliphatic rings. The Morgan fingerprint density at radius 3 is 2.62 bits per heavy atom. The Labute approximate surface area is 56.0 Å². The van der Waals surface area contributed by atoms with Gasteiger partial charge in [0.1, 0.15) is 6.10 Å². The third-order valence-electron chi connectivity index (χ3n) is 1.79. The molecule has 0 amide bonds. The van der Waals surface area contributed by atoms with Gasteiger partial charge in [-0.15, -0.1) is 0 Å². The highest BCUT2D eigenvalue weighted by Crippen LogP contribution is 2.41. The van der Waals surface area contributed by atoms with Gasteiger partial charge in [0.05, 0.1) is 12.2 Å². The first kappa shape index (κ1) is 5.21. The number of aliphatic hydroxyl groups excluding tert-OH is 1. The van der Waals surface area contributed by atoms with Crippen LogP contribution in [-0.4, -0.2) is 28.2 Å². The van der Waals surface area contributed by atoms with Crippen molar-refractivity contribution in [3.8, 4) is 0 Å². The number of hydrogen-bond acceptors (Lipinski definition) is 2. The lowest BCUT2D eigenvalue weighted by Crippen LogP contribution is -2.20. The Bertz CT molecular complexity index is 115. The summed E-state index contributed by atoms with van der Waals surface area (Å²) in [4.78, 5) is 0.284. The van der Waals surface area contributed by atoms with Crippen molar-refractivity contribution >= 4 is 15.9 Å². The zero-order chi connectivity index (χ0) is 5.72. The molecule has 8 heavy (non-hydrogen) atoms. The average molecular weight is 179 g/mol. The number of epoxide rings is 1. The molecular formula is C5H7BrO2. The fraction of sp³-hybridized carbons (Fsp3) is 1.00. The van der Waals surface area contributed by atoms with Crippen molar-refractivity contribution in [3.63, 3.8) is 0 Å². The van der Waals surface area contributed by atoms with Gasteiger partial charge in [0.15, 0.2) is 0 Å².